The zero-order valence-electron chi connectivity index (χ0n) is 12.7. The van der Waals surface area contributed by atoms with E-state index in [0.29, 0.717) is 0 Å². The number of hydrogen-bond donors (Lipinski definition) is 0. The van der Waals surface area contributed by atoms with Gasteiger partial charge in [0.05, 0.1) is 0 Å². The summed E-state index contributed by atoms with van der Waals surface area (Å²) in [7, 11) is 0. The monoisotopic (exact) mass is 251 g/mol. The highest BCUT2D eigenvalue weighted by Crippen LogP contribution is 2.31. The molecule has 1 nitrogen and oxygen atoms in total. The van der Waals surface area contributed by atoms with E-state index in [-0.39, 0.29) is 0 Å². The molecule has 1 saturated carbocycles. The minimum absolute atomic E-state index is 0.953. The van der Waals surface area contributed by atoms with Crippen LogP contribution in [0.3, 0.4) is 0 Å². The topological polar surface area (TPSA) is 3.24 Å². The second-order valence-electron chi connectivity index (χ2n) is 6.91. The molecule has 0 aromatic heterocycles. The number of hydrogen-bond acceptors (Lipinski definition) is 1. The van der Waals surface area contributed by atoms with Crippen molar-refractivity contribution in [1.82, 2.24) is 4.90 Å². The van der Waals surface area contributed by atoms with Gasteiger partial charge in [0.15, 0.2) is 0 Å². The van der Waals surface area contributed by atoms with Crippen molar-refractivity contribution in [3.63, 3.8) is 0 Å². The van der Waals surface area contributed by atoms with Crippen LogP contribution in [-0.4, -0.2) is 24.0 Å². The van der Waals surface area contributed by atoms with Gasteiger partial charge in [-0.1, -0.05) is 46.0 Å². The first-order valence-corrected chi connectivity index (χ1v) is 8.53. The van der Waals surface area contributed by atoms with Gasteiger partial charge < -0.3 is 4.90 Å². The van der Waals surface area contributed by atoms with E-state index in [9.17, 15) is 0 Å². The first-order valence-electron chi connectivity index (χ1n) is 8.53. The number of unbranched alkanes of at least 4 members (excludes halogenated alkanes) is 1. The highest BCUT2D eigenvalue weighted by molar-refractivity contribution is 4.85. The van der Waals surface area contributed by atoms with Gasteiger partial charge in [0, 0.05) is 12.6 Å². The molecule has 2 rings (SSSR count). The standard InChI is InChI=1S/C17H33N/c1-3-4-7-15(2)10-11-17-12-13-18(17)14-16-8-5-6-9-16/h15-17H,3-14H2,1-2H3. The number of rotatable bonds is 8. The fourth-order valence-corrected chi connectivity index (χ4v) is 3.76. The van der Waals surface area contributed by atoms with Gasteiger partial charge in [0.1, 0.15) is 0 Å². The van der Waals surface area contributed by atoms with Crippen molar-refractivity contribution in [2.24, 2.45) is 11.8 Å². The van der Waals surface area contributed by atoms with E-state index in [0.717, 1.165) is 17.9 Å². The SMILES string of the molecule is CCCCC(C)CCC1CCN1CC1CCCC1. The van der Waals surface area contributed by atoms with Gasteiger partial charge in [-0.2, -0.15) is 0 Å². The fraction of sp³-hybridized carbons (Fsp3) is 1.00. The molecule has 2 atom stereocenters. The van der Waals surface area contributed by atoms with Crippen LogP contribution in [0.15, 0.2) is 0 Å². The molecule has 2 unspecified atom stereocenters. The molecule has 0 radical (unpaired) electrons. The molecule has 106 valence electrons. The maximum Gasteiger partial charge on any atom is 0.0108 e. The number of likely N-dealkylation sites (tertiary alicyclic amines) is 1. The lowest BCUT2D eigenvalue weighted by Crippen LogP contribution is -2.49. The summed E-state index contributed by atoms with van der Waals surface area (Å²) in [5.41, 5.74) is 0. The predicted octanol–water partition coefficient (Wildman–Crippen LogP) is 4.86. The summed E-state index contributed by atoms with van der Waals surface area (Å²) in [6, 6.07) is 0.953. The molecule has 0 aromatic carbocycles. The van der Waals surface area contributed by atoms with E-state index in [1.807, 2.05) is 0 Å². The Morgan fingerprint density at radius 2 is 1.89 bits per heavy atom. The molecular weight excluding hydrogens is 218 g/mol. The normalized spacial score (nSPS) is 27.3. The van der Waals surface area contributed by atoms with Crippen LogP contribution in [0.5, 0.6) is 0 Å². The molecule has 0 bridgehead atoms. The Morgan fingerprint density at radius 3 is 2.50 bits per heavy atom. The van der Waals surface area contributed by atoms with E-state index < -0.39 is 0 Å². The summed E-state index contributed by atoms with van der Waals surface area (Å²) >= 11 is 0. The maximum absolute atomic E-state index is 2.79. The lowest BCUT2D eigenvalue weighted by molar-refractivity contribution is 0.0615. The second kappa shape index (κ2) is 7.53. The molecular formula is C17H33N. The summed E-state index contributed by atoms with van der Waals surface area (Å²) in [6.45, 7) is 7.58. The molecule has 0 aromatic rings. The van der Waals surface area contributed by atoms with Gasteiger partial charge >= 0.3 is 0 Å². The highest BCUT2D eigenvalue weighted by atomic mass is 15.2. The first-order chi connectivity index (χ1) is 8.79. The van der Waals surface area contributed by atoms with Crippen LogP contribution in [0.4, 0.5) is 0 Å². The van der Waals surface area contributed by atoms with Gasteiger partial charge in [-0.25, -0.2) is 0 Å². The van der Waals surface area contributed by atoms with Crippen LogP contribution in [0.25, 0.3) is 0 Å². The van der Waals surface area contributed by atoms with Crippen molar-refractivity contribution in [2.75, 3.05) is 13.1 Å². The molecule has 1 heterocycles. The average molecular weight is 251 g/mol. The van der Waals surface area contributed by atoms with Gasteiger partial charge in [0.25, 0.3) is 0 Å². The molecule has 1 saturated heterocycles. The van der Waals surface area contributed by atoms with Crippen molar-refractivity contribution in [3.8, 4) is 0 Å². The third kappa shape index (κ3) is 4.26. The second-order valence-corrected chi connectivity index (χ2v) is 6.91. The third-order valence-electron chi connectivity index (χ3n) is 5.28. The van der Waals surface area contributed by atoms with Crippen molar-refractivity contribution >= 4 is 0 Å². The van der Waals surface area contributed by atoms with Gasteiger partial charge in [-0.05, 0) is 50.5 Å². The van der Waals surface area contributed by atoms with Crippen molar-refractivity contribution < 1.29 is 0 Å². The molecule has 0 amide bonds. The summed E-state index contributed by atoms with van der Waals surface area (Å²) in [6.07, 6.45) is 14.7. The maximum atomic E-state index is 2.79. The van der Waals surface area contributed by atoms with Crippen molar-refractivity contribution in [1.29, 1.82) is 0 Å². The van der Waals surface area contributed by atoms with E-state index in [4.69, 9.17) is 0 Å². The summed E-state index contributed by atoms with van der Waals surface area (Å²) in [4.78, 5) is 2.79. The van der Waals surface area contributed by atoms with Crippen LogP contribution in [0.2, 0.25) is 0 Å². The minimum Gasteiger partial charge on any atom is -0.300 e. The van der Waals surface area contributed by atoms with E-state index in [1.165, 1.54) is 77.3 Å². The lowest BCUT2D eigenvalue weighted by atomic mass is 9.90. The minimum atomic E-state index is 0.953. The largest absolute Gasteiger partial charge is 0.300 e. The fourth-order valence-electron chi connectivity index (χ4n) is 3.76. The predicted molar refractivity (Wildman–Crippen MR) is 79.9 cm³/mol. The Balaban J connectivity index is 1.58. The third-order valence-corrected chi connectivity index (χ3v) is 5.28. The molecule has 0 spiro atoms. The number of nitrogens with zero attached hydrogens (tertiary/aromatic N) is 1. The quantitative estimate of drug-likeness (QED) is 0.595. The average Bonchev–Trinajstić information content (AvgIpc) is 2.85. The van der Waals surface area contributed by atoms with Crippen molar-refractivity contribution in [3.05, 3.63) is 0 Å². The van der Waals surface area contributed by atoms with Crippen LogP contribution >= 0.6 is 0 Å². The summed E-state index contributed by atoms with van der Waals surface area (Å²) in [5.74, 6) is 2.00. The summed E-state index contributed by atoms with van der Waals surface area (Å²) < 4.78 is 0. The molecule has 2 aliphatic rings. The molecule has 2 fully saturated rings. The van der Waals surface area contributed by atoms with Crippen molar-refractivity contribution in [2.45, 2.75) is 84.1 Å². The van der Waals surface area contributed by atoms with E-state index in [2.05, 4.69) is 18.7 Å². The molecule has 1 aliphatic heterocycles. The summed E-state index contributed by atoms with van der Waals surface area (Å²) in [5, 5.41) is 0. The van der Waals surface area contributed by atoms with E-state index in [1.54, 1.807) is 0 Å². The van der Waals surface area contributed by atoms with Gasteiger partial charge in [-0.15, -0.1) is 0 Å². The Kier molecular flexibility index (Phi) is 6.01. The smallest absolute Gasteiger partial charge is 0.0108 e. The molecule has 0 N–H and O–H groups in total. The van der Waals surface area contributed by atoms with Gasteiger partial charge in [0.2, 0.25) is 0 Å². The molecule has 1 heteroatoms. The molecule has 18 heavy (non-hydrogen) atoms. The highest BCUT2D eigenvalue weighted by Gasteiger charge is 2.30. The zero-order valence-corrected chi connectivity index (χ0v) is 12.7. The van der Waals surface area contributed by atoms with Crippen LogP contribution in [0.1, 0.15) is 78.1 Å². The van der Waals surface area contributed by atoms with Gasteiger partial charge in [-0.3, -0.25) is 0 Å². The van der Waals surface area contributed by atoms with Crippen LogP contribution in [-0.2, 0) is 0 Å². The van der Waals surface area contributed by atoms with Crippen LogP contribution < -0.4 is 0 Å². The molecule has 1 aliphatic carbocycles. The Hall–Kier alpha value is -0.0400. The Morgan fingerprint density at radius 1 is 1.11 bits per heavy atom. The first kappa shape index (κ1) is 14.4. The Bertz CT molecular complexity index is 220. The Labute approximate surface area is 114 Å². The van der Waals surface area contributed by atoms with E-state index >= 15 is 0 Å². The lowest BCUT2D eigenvalue weighted by Gasteiger charge is -2.43. The van der Waals surface area contributed by atoms with Crippen LogP contribution in [0, 0.1) is 11.8 Å². The zero-order chi connectivity index (χ0) is 12.8.